The van der Waals surface area contributed by atoms with Crippen LogP contribution in [0.4, 0.5) is 0 Å². The molecule has 0 bridgehead atoms. The van der Waals surface area contributed by atoms with Gasteiger partial charge in [-0.05, 0) is 43.5 Å². The number of aromatic nitrogens is 3. The van der Waals surface area contributed by atoms with E-state index in [0.717, 1.165) is 37.2 Å². The largest absolute Gasteiger partial charge is 0.317 e. The third kappa shape index (κ3) is 3.95. The molecule has 0 atom stereocenters. The molecule has 0 amide bonds. The highest BCUT2D eigenvalue weighted by Crippen LogP contribution is 2.23. The monoisotopic (exact) mass is 300 g/mol. The molecule has 1 fully saturated rings. The molecule has 3 heterocycles. The van der Waals surface area contributed by atoms with Crippen molar-refractivity contribution in [1.29, 1.82) is 0 Å². The maximum absolute atomic E-state index is 4.56. The Morgan fingerprint density at radius 2 is 1.86 bits per heavy atom. The van der Waals surface area contributed by atoms with E-state index in [-0.39, 0.29) is 0 Å². The van der Waals surface area contributed by atoms with Gasteiger partial charge in [-0.2, -0.15) is 5.10 Å². The summed E-state index contributed by atoms with van der Waals surface area (Å²) in [5.74, 6) is 0.522. The number of rotatable bonds is 3. The van der Waals surface area contributed by atoms with Gasteiger partial charge in [0.05, 0.1) is 17.9 Å². The molecule has 22 heavy (non-hydrogen) atoms. The average Bonchev–Trinajstić information content (AvgIpc) is 3.08. The molecule has 1 saturated heterocycles. The maximum Gasteiger partial charge on any atom is 0.0733 e. The second-order valence-electron chi connectivity index (χ2n) is 5.82. The van der Waals surface area contributed by atoms with Crippen LogP contribution >= 0.6 is 0 Å². The Bertz CT molecular complexity index is 551. The standard InChI is InChI=1S/C16H22N4.C2H6/c1-12(2)13-3-4-16(18-9-13)14-10-19-20(11-14)15-5-7-17-8-6-15;1-2/h3-4,9-12,15,17H,5-8H2,1-2H3;1-2H3. The van der Waals surface area contributed by atoms with Crippen molar-refractivity contribution in [1.82, 2.24) is 20.1 Å². The minimum Gasteiger partial charge on any atom is -0.317 e. The van der Waals surface area contributed by atoms with E-state index in [1.807, 2.05) is 26.2 Å². The fourth-order valence-corrected chi connectivity index (χ4v) is 2.66. The molecule has 2 aromatic heterocycles. The van der Waals surface area contributed by atoms with Gasteiger partial charge in [-0.15, -0.1) is 0 Å². The third-order valence-corrected chi connectivity index (χ3v) is 4.03. The lowest BCUT2D eigenvalue weighted by atomic mass is 10.0. The predicted molar refractivity (Wildman–Crippen MR) is 92.0 cm³/mol. The molecule has 3 rings (SSSR count). The predicted octanol–water partition coefficient (Wildman–Crippen LogP) is 4.02. The molecule has 4 nitrogen and oxygen atoms in total. The summed E-state index contributed by atoms with van der Waals surface area (Å²) in [6.07, 6.45) is 8.34. The number of hydrogen-bond acceptors (Lipinski definition) is 3. The zero-order valence-electron chi connectivity index (χ0n) is 14.2. The Kier molecular flexibility index (Phi) is 6.13. The van der Waals surface area contributed by atoms with Gasteiger partial charge in [-0.1, -0.05) is 33.8 Å². The summed E-state index contributed by atoms with van der Waals surface area (Å²) in [4.78, 5) is 4.56. The molecule has 1 N–H and O–H groups in total. The quantitative estimate of drug-likeness (QED) is 0.931. The lowest BCUT2D eigenvalue weighted by Crippen LogP contribution is -2.29. The Balaban J connectivity index is 0.000000847. The minimum atomic E-state index is 0.522. The van der Waals surface area contributed by atoms with Gasteiger partial charge in [0.2, 0.25) is 0 Å². The zero-order chi connectivity index (χ0) is 15.9. The van der Waals surface area contributed by atoms with Gasteiger partial charge >= 0.3 is 0 Å². The highest BCUT2D eigenvalue weighted by Gasteiger charge is 2.16. The van der Waals surface area contributed by atoms with Crippen LogP contribution in [0, 0.1) is 0 Å². The highest BCUT2D eigenvalue weighted by molar-refractivity contribution is 5.56. The fraction of sp³-hybridized carbons (Fsp3) is 0.556. The Morgan fingerprint density at radius 1 is 1.14 bits per heavy atom. The van der Waals surface area contributed by atoms with Gasteiger partial charge in [-0.3, -0.25) is 9.67 Å². The molecule has 0 unspecified atom stereocenters. The second kappa shape index (κ2) is 8.08. The van der Waals surface area contributed by atoms with Crippen LogP contribution in [0.5, 0.6) is 0 Å². The Hall–Kier alpha value is -1.68. The van der Waals surface area contributed by atoms with Crippen LogP contribution in [-0.4, -0.2) is 27.9 Å². The topological polar surface area (TPSA) is 42.7 Å². The third-order valence-electron chi connectivity index (χ3n) is 4.03. The van der Waals surface area contributed by atoms with E-state index in [9.17, 15) is 0 Å². The van der Waals surface area contributed by atoms with Crippen molar-refractivity contribution in [2.75, 3.05) is 13.1 Å². The van der Waals surface area contributed by atoms with Crippen LogP contribution in [0.25, 0.3) is 11.3 Å². The van der Waals surface area contributed by atoms with E-state index in [4.69, 9.17) is 0 Å². The molecule has 2 aromatic rings. The lowest BCUT2D eigenvalue weighted by Gasteiger charge is -2.22. The molecule has 4 heteroatoms. The number of nitrogens with one attached hydrogen (secondary N) is 1. The van der Waals surface area contributed by atoms with E-state index >= 15 is 0 Å². The highest BCUT2D eigenvalue weighted by atomic mass is 15.3. The summed E-state index contributed by atoms with van der Waals surface area (Å²) in [5, 5.41) is 7.91. The number of piperidine rings is 1. The van der Waals surface area contributed by atoms with Crippen LogP contribution in [0.2, 0.25) is 0 Å². The van der Waals surface area contributed by atoms with Gasteiger partial charge in [0, 0.05) is 18.0 Å². The first-order chi connectivity index (χ1) is 10.7. The molecular weight excluding hydrogens is 272 g/mol. The van der Waals surface area contributed by atoms with Crippen LogP contribution in [0.1, 0.15) is 58.1 Å². The summed E-state index contributed by atoms with van der Waals surface area (Å²) in [6.45, 7) is 10.5. The van der Waals surface area contributed by atoms with E-state index in [0.29, 0.717) is 12.0 Å². The van der Waals surface area contributed by atoms with Crippen LogP contribution in [0.3, 0.4) is 0 Å². The van der Waals surface area contributed by atoms with Crippen LogP contribution < -0.4 is 5.32 Å². The molecule has 0 radical (unpaired) electrons. The van der Waals surface area contributed by atoms with E-state index < -0.39 is 0 Å². The van der Waals surface area contributed by atoms with Crippen molar-refractivity contribution in [2.45, 2.75) is 52.5 Å². The van der Waals surface area contributed by atoms with Crippen molar-refractivity contribution in [3.05, 3.63) is 36.3 Å². The number of nitrogens with zero attached hydrogens (tertiary/aromatic N) is 3. The summed E-state index contributed by atoms with van der Waals surface area (Å²) in [7, 11) is 0. The van der Waals surface area contributed by atoms with Crippen molar-refractivity contribution in [3.8, 4) is 11.3 Å². The van der Waals surface area contributed by atoms with E-state index in [1.54, 1.807) is 0 Å². The average molecular weight is 300 g/mol. The van der Waals surface area contributed by atoms with Gasteiger partial charge in [-0.25, -0.2) is 0 Å². The zero-order valence-corrected chi connectivity index (χ0v) is 14.2. The molecule has 0 aliphatic carbocycles. The number of hydrogen-bond donors (Lipinski definition) is 1. The minimum absolute atomic E-state index is 0.522. The van der Waals surface area contributed by atoms with Crippen molar-refractivity contribution >= 4 is 0 Å². The molecule has 1 aliphatic rings. The Labute approximate surface area is 134 Å². The van der Waals surface area contributed by atoms with Gasteiger partial charge in [0.25, 0.3) is 0 Å². The summed E-state index contributed by atoms with van der Waals surface area (Å²) >= 11 is 0. The van der Waals surface area contributed by atoms with E-state index in [2.05, 4.69) is 52.3 Å². The molecule has 1 aliphatic heterocycles. The van der Waals surface area contributed by atoms with E-state index in [1.165, 1.54) is 5.56 Å². The fourth-order valence-electron chi connectivity index (χ4n) is 2.66. The lowest BCUT2D eigenvalue weighted by molar-refractivity contribution is 0.343. The molecule has 0 aromatic carbocycles. The normalized spacial score (nSPS) is 15.5. The van der Waals surface area contributed by atoms with Crippen molar-refractivity contribution in [2.24, 2.45) is 0 Å². The first-order valence-corrected chi connectivity index (χ1v) is 8.45. The van der Waals surface area contributed by atoms with Gasteiger partial charge < -0.3 is 5.32 Å². The second-order valence-corrected chi connectivity index (χ2v) is 5.82. The summed E-state index contributed by atoms with van der Waals surface area (Å²) in [5.41, 5.74) is 3.40. The first kappa shape index (κ1) is 16.7. The first-order valence-electron chi connectivity index (χ1n) is 8.45. The summed E-state index contributed by atoms with van der Waals surface area (Å²) in [6, 6.07) is 4.79. The van der Waals surface area contributed by atoms with Crippen LogP contribution in [0.15, 0.2) is 30.7 Å². The van der Waals surface area contributed by atoms with Crippen molar-refractivity contribution in [3.63, 3.8) is 0 Å². The molecular formula is C18H28N4. The molecule has 0 saturated carbocycles. The summed E-state index contributed by atoms with van der Waals surface area (Å²) < 4.78 is 2.11. The van der Waals surface area contributed by atoms with Crippen molar-refractivity contribution < 1.29 is 0 Å². The molecule has 0 spiro atoms. The van der Waals surface area contributed by atoms with Gasteiger partial charge in [0.1, 0.15) is 0 Å². The smallest absolute Gasteiger partial charge is 0.0733 e. The molecule has 120 valence electrons. The maximum atomic E-state index is 4.56. The Morgan fingerprint density at radius 3 is 2.45 bits per heavy atom. The SMILES string of the molecule is CC.CC(C)c1ccc(-c2cnn(C3CCNCC3)c2)nc1. The van der Waals surface area contributed by atoms with Crippen LogP contribution in [-0.2, 0) is 0 Å². The van der Waals surface area contributed by atoms with Gasteiger partial charge in [0.15, 0.2) is 0 Å². The number of pyridine rings is 1.